The van der Waals surface area contributed by atoms with Gasteiger partial charge in [-0.25, -0.2) is 4.79 Å². The summed E-state index contributed by atoms with van der Waals surface area (Å²) in [7, 11) is 0. The molecule has 1 fully saturated rings. The van der Waals surface area contributed by atoms with E-state index in [4.69, 9.17) is 5.11 Å². The molecule has 0 aromatic rings. The summed E-state index contributed by atoms with van der Waals surface area (Å²) in [6.07, 6.45) is 5.15. The molecule has 1 aliphatic rings. The van der Waals surface area contributed by atoms with Crippen molar-refractivity contribution in [1.29, 1.82) is 0 Å². The van der Waals surface area contributed by atoms with Crippen molar-refractivity contribution >= 4 is 11.9 Å². The fourth-order valence-corrected chi connectivity index (χ4v) is 2.34. The molecule has 5 heteroatoms. The van der Waals surface area contributed by atoms with Crippen molar-refractivity contribution in [2.75, 3.05) is 0 Å². The highest BCUT2D eigenvalue weighted by Crippen LogP contribution is 2.25. The lowest BCUT2D eigenvalue weighted by Gasteiger charge is -2.32. The van der Waals surface area contributed by atoms with E-state index in [-0.39, 0.29) is 11.8 Å². The lowest BCUT2D eigenvalue weighted by Crippen LogP contribution is -2.60. The highest BCUT2D eigenvalue weighted by atomic mass is 16.4. The number of rotatable bonds is 5. The van der Waals surface area contributed by atoms with Gasteiger partial charge in [0.25, 0.3) is 0 Å². The zero-order chi connectivity index (χ0) is 13.8. The zero-order valence-corrected chi connectivity index (χ0v) is 11.1. The fraction of sp³-hybridized carbons (Fsp3) is 0.846. The van der Waals surface area contributed by atoms with Crippen LogP contribution in [0.1, 0.15) is 52.4 Å². The van der Waals surface area contributed by atoms with Crippen LogP contribution in [-0.4, -0.2) is 27.8 Å². The quantitative estimate of drug-likeness (QED) is 0.651. The van der Waals surface area contributed by atoms with Gasteiger partial charge in [-0.15, -0.1) is 0 Å². The second-order valence-electron chi connectivity index (χ2n) is 5.21. The molecule has 104 valence electrons. The van der Waals surface area contributed by atoms with Gasteiger partial charge < -0.3 is 15.5 Å². The highest BCUT2D eigenvalue weighted by molar-refractivity contribution is 5.87. The van der Waals surface area contributed by atoms with Crippen molar-refractivity contribution < 1.29 is 19.8 Å². The normalized spacial score (nSPS) is 21.9. The number of hydrogen-bond acceptors (Lipinski definition) is 3. The van der Waals surface area contributed by atoms with Crippen LogP contribution in [0.15, 0.2) is 0 Å². The van der Waals surface area contributed by atoms with Gasteiger partial charge in [-0.05, 0) is 19.3 Å². The Balaban J connectivity index is 2.71. The second kappa shape index (κ2) is 6.18. The summed E-state index contributed by atoms with van der Waals surface area (Å²) < 4.78 is 0. The van der Waals surface area contributed by atoms with Gasteiger partial charge >= 0.3 is 5.97 Å². The Morgan fingerprint density at radius 3 is 2.33 bits per heavy atom. The largest absolute Gasteiger partial charge is 0.478 e. The second-order valence-corrected chi connectivity index (χ2v) is 5.21. The topological polar surface area (TPSA) is 86.6 Å². The summed E-state index contributed by atoms with van der Waals surface area (Å²) in [5, 5.41) is 21.6. The van der Waals surface area contributed by atoms with Crippen LogP contribution in [0.25, 0.3) is 0 Å². The number of carboxylic acids is 1. The molecule has 0 bridgehead atoms. The Bertz CT molecular complexity index is 312. The predicted octanol–water partition coefficient (Wildman–Crippen LogP) is 1.50. The molecule has 0 heterocycles. The van der Waals surface area contributed by atoms with Crippen molar-refractivity contribution in [2.24, 2.45) is 11.8 Å². The summed E-state index contributed by atoms with van der Waals surface area (Å²) in [6.45, 7) is 3.40. The van der Waals surface area contributed by atoms with Crippen LogP contribution in [0.4, 0.5) is 0 Å². The first-order valence-corrected chi connectivity index (χ1v) is 6.69. The van der Waals surface area contributed by atoms with Gasteiger partial charge in [0, 0.05) is 11.8 Å². The molecule has 1 aliphatic carbocycles. The highest BCUT2D eigenvalue weighted by Gasteiger charge is 2.43. The summed E-state index contributed by atoms with van der Waals surface area (Å²) in [5.74, 6) is -2.41. The van der Waals surface area contributed by atoms with E-state index in [0.29, 0.717) is 6.42 Å². The third-order valence-electron chi connectivity index (χ3n) is 3.94. The molecular weight excluding hydrogens is 234 g/mol. The van der Waals surface area contributed by atoms with Gasteiger partial charge in [0.1, 0.15) is 0 Å². The molecule has 0 radical (unpaired) electrons. The average Bonchev–Trinajstić information content (AvgIpc) is 2.38. The van der Waals surface area contributed by atoms with E-state index >= 15 is 0 Å². The Morgan fingerprint density at radius 2 is 1.89 bits per heavy atom. The first-order chi connectivity index (χ1) is 8.41. The molecule has 0 aliphatic heterocycles. The van der Waals surface area contributed by atoms with Gasteiger partial charge in [0.05, 0.1) is 0 Å². The molecule has 2 atom stereocenters. The Labute approximate surface area is 108 Å². The first kappa shape index (κ1) is 15.0. The molecule has 0 spiro atoms. The van der Waals surface area contributed by atoms with Gasteiger partial charge in [0.2, 0.25) is 11.6 Å². The van der Waals surface area contributed by atoms with E-state index < -0.39 is 17.6 Å². The Kier molecular flexibility index (Phi) is 5.14. The third-order valence-corrected chi connectivity index (χ3v) is 3.94. The van der Waals surface area contributed by atoms with Crippen molar-refractivity contribution in [1.82, 2.24) is 5.32 Å². The summed E-state index contributed by atoms with van der Waals surface area (Å²) in [4.78, 5) is 23.2. The van der Waals surface area contributed by atoms with Crippen molar-refractivity contribution in [3.8, 4) is 0 Å². The number of amides is 1. The van der Waals surface area contributed by atoms with E-state index in [0.717, 1.165) is 32.1 Å². The maximum Gasteiger partial charge on any atom is 0.357 e. The molecular formula is C13H23NO4. The summed E-state index contributed by atoms with van der Waals surface area (Å²) in [6, 6.07) is 0. The zero-order valence-electron chi connectivity index (χ0n) is 11.1. The van der Waals surface area contributed by atoms with Crippen LogP contribution < -0.4 is 5.32 Å². The fourth-order valence-electron chi connectivity index (χ4n) is 2.34. The molecule has 1 rings (SSSR count). The number of nitrogens with one attached hydrogen (secondary N) is 1. The van der Waals surface area contributed by atoms with E-state index in [9.17, 15) is 14.7 Å². The van der Waals surface area contributed by atoms with Crippen molar-refractivity contribution in [3.05, 3.63) is 0 Å². The number of carboxylic acid groups (broad SMARTS) is 1. The third kappa shape index (κ3) is 3.22. The maximum atomic E-state index is 12.0. The minimum atomic E-state index is -2.15. The minimum Gasteiger partial charge on any atom is -0.478 e. The molecule has 0 aromatic heterocycles. The molecule has 0 aromatic carbocycles. The predicted molar refractivity (Wildman–Crippen MR) is 66.8 cm³/mol. The minimum absolute atomic E-state index is 0.159. The van der Waals surface area contributed by atoms with Gasteiger partial charge in [-0.3, -0.25) is 4.79 Å². The Morgan fingerprint density at radius 1 is 1.33 bits per heavy atom. The molecule has 18 heavy (non-hydrogen) atoms. The molecule has 0 saturated heterocycles. The van der Waals surface area contributed by atoms with Gasteiger partial charge in [0.15, 0.2) is 0 Å². The standard InChI is InChI=1S/C13H23NO4/c1-3-9(2)13(18,12(16)17)14-11(15)10-7-5-4-6-8-10/h9-10,18H,3-8H2,1-2H3,(H,14,15)(H,16,17)/t9-,13+/m0/s1. The van der Waals surface area contributed by atoms with E-state index in [1.807, 2.05) is 0 Å². The number of hydrogen-bond donors (Lipinski definition) is 3. The number of carbonyl (C=O) groups is 2. The summed E-state index contributed by atoms with van der Waals surface area (Å²) in [5.41, 5.74) is -2.15. The summed E-state index contributed by atoms with van der Waals surface area (Å²) >= 11 is 0. The number of aliphatic carboxylic acids is 1. The maximum absolute atomic E-state index is 12.0. The molecule has 0 unspecified atom stereocenters. The van der Waals surface area contributed by atoms with Crippen LogP contribution in [0, 0.1) is 11.8 Å². The SMILES string of the molecule is CC[C@H](C)[C@](O)(NC(=O)C1CCCCC1)C(=O)O. The molecule has 5 nitrogen and oxygen atoms in total. The number of carbonyl (C=O) groups excluding carboxylic acids is 1. The number of aliphatic hydroxyl groups is 1. The van der Waals surface area contributed by atoms with Crippen LogP contribution in [0.2, 0.25) is 0 Å². The van der Waals surface area contributed by atoms with Crippen molar-refractivity contribution in [3.63, 3.8) is 0 Å². The molecule has 3 N–H and O–H groups in total. The van der Waals surface area contributed by atoms with Crippen LogP contribution in [-0.2, 0) is 9.59 Å². The van der Waals surface area contributed by atoms with Crippen LogP contribution in [0.3, 0.4) is 0 Å². The van der Waals surface area contributed by atoms with Crippen LogP contribution in [0.5, 0.6) is 0 Å². The smallest absolute Gasteiger partial charge is 0.357 e. The van der Waals surface area contributed by atoms with Gasteiger partial charge in [-0.1, -0.05) is 33.1 Å². The lowest BCUT2D eigenvalue weighted by molar-refractivity contribution is -0.173. The molecule has 1 saturated carbocycles. The van der Waals surface area contributed by atoms with Gasteiger partial charge in [-0.2, -0.15) is 0 Å². The van der Waals surface area contributed by atoms with E-state index in [2.05, 4.69) is 5.32 Å². The lowest BCUT2D eigenvalue weighted by atomic mass is 9.87. The average molecular weight is 257 g/mol. The van der Waals surface area contributed by atoms with Crippen LogP contribution >= 0.6 is 0 Å². The van der Waals surface area contributed by atoms with E-state index in [1.54, 1.807) is 13.8 Å². The monoisotopic (exact) mass is 257 g/mol. The van der Waals surface area contributed by atoms with Crippen molar-refractivity contribution in [2.45, 2.75) is 58.1 Å². The molecule has 1 amide bonds. The van der Waals surface area contributed by atoms with E-state index in [1.165, 1.54) is 0 Å². The Hall–Kier alpha value is -1.10. The first-order valence-electron chi connectivity index (χ1n) is 6.69.